The Hall–Kier alpha value is -2.24. The van der Waals surface area contributed by atoms with Crippen LogP contribution in [0.2, 0.25) is 0 Å². The summed E-state index contributed by atoms with van der Waals surface area (Å²) in [6.45, 7) is 1.95. The van der Waals surface area contributed by atoms with Crippen LogP contribution in [0, 0.1) is 6.92 Å². The summed E-state index contributed by atoms with van der Waals surface area (Å²) in [5.41, 5.74) is 7.39. The summed E-state index contributed by atoms with van der Waals surface area (Å²) in [7, 11) is 1.48. The summed E-state index contributed by atoms with van der Waals surface area (Å²) in [6, 6.07) is 2.08. The lowest BCUT2D eigenvalue weighted by molar-refractivity contribution is 0.379. The molecule has 0 aliphatic carbocycles. The monoisotopic (exact) mass is 217 g/mol. The van der Waals surface area contributed by atoms with Gasteiger partial charge < -0.3 is 10.5 Å². The number of methoxy groups -OCH3 is 1. The molecule has 0 atom stereocenters. The van der Waals surface area contributed by atoms with Gasteiger partial charge in [-0.2, -0.15) is 15.0 Å². The molecule has 6 heteroatoms. The molecule has 0 aromatic carbocycles. The van der Waals surface area contributed by atoms with Gasteiger partial charge in [-0.1, -0.05) is 0 Å². The zero-order valence-corrected chi connectivity index (χ0v) is 9.01. The molecule has 2 heterocycles. The molecule has 0 saturated carbocycles. The summed E-state index contributed by atoms with van der Waals surface area (Å²) in [6.07, 6.45) is 3.39. The highest BCUT2D eigenvalue weighted by atomic mass is 16.5. The Morgan fingerprint density at radius 1 is 1.25 bits per heavy atom. The minimum atomic E-state index is 0.130. The number of anilines is 1. The van der Waals surface area contributed by atoms with E-state index in [4.69, 9.17) is 10.5 Å². The lowest BCUT2D eigenvalue weighted by Gasteiger charge is -2.05. The largest absolute Gasteiger partial charge is 0.467 e. The fraction of sp³-hybridized carbons (Fsp3) is 0.200. The number of nitrogens with two attached hydrogens (primary N) is 1. The molecule has 0 aliphatic heterocycles. The zero-order valence-electron chi connectivity index (χ0n) is 9.01. The number of nitrogens with zero attached hydrogens (tertiary/aromatic N) is 4. The maximum Gasteiger partial charge on any atom is 0.321 e. The number of hydrogen-bond acceptors (Lipinski definition) is 6. The number of aromatic nitrogens is 4. The molecule has 82 valence electrons. The SMILES string of the molecule is COc1nc(N)nc(-c2cnccc2C)n1. The van der Waals surface area contributed by atoms with Crippen molar-refractivity contribution in [3.63, 3.8) is 0 Å². The van der Waals surface area contributed by atoms with E-state index in [9.17, 15) is 0 Å². The second-order valence-electron chi connectivity index (χ2n) is 3.19. The van der Waals surface area contributed by atoms with E-state index in [1.165, 1.54) is 7.11 Å². The molecule has 2 aromatic rings. The van der Waals surface area contributed by atoms with Crippen molar-refractivity contribution >= 4 is 5.95 Å². The first-order chi connectivity index (χ1) is 7.70. The van der Waals surface area contributed by atoms with E-state index in [2.05, 4.69) is 19.9 Å². The van der Waals surface area contributed by atoms with E-state index < -0.39 is 0 Å². The van der Waals surface area contributed by atoms with Crippen molar-refractivity contribution in [2.24, 2.45) is 0 Å². The van der Waals surface area contributed by atoms with Crippen LogP contribution < -0.4 is 10.5 Å². The van der Waals surface area contributed by atoms with Gasteiger partial charge in [-0.05, 0) is 18.6 Å². The number of aryl methyl sites for hydroxylation is 1. The summed E-state index contributed by atoms with van der Waals surface area (Å²) >= 11 is 0. The van der Waals surface area contributed by atoms with Crippen LogP contribution >= 0.6 is 0 Å². The molecule has 6 nitrogen and oxygen atoms in total. The Labute approximate surface area is 92.6 Å². The first-order valence-electron chi connectivity index (χ1n) is 4.67. The van der Waals surface area contributed by atoms with E-state index >= 15 is 0 Å². The van der Waals surface area contributed by atoms with E-state index in [0.29, 0.717) is 5.82 Å². The standard InChI is InChI=1S/C10H11N5O/c1-6-3-4-12-5-7(6)8-13-9(11)15-10(14-8)16-2/h3-5H,1-2H3,(H2,11,13,14,15). The van der Waals surface area contributed by atoms with Crippen LogP contribution in [0.25, 0.3) is 11.4 Å². The minimum Gasteiger partial charge on any atom is -0.467 e. The van der Waals surface area contributed by atoms with Gasteiger partial charge in [0.25, 0.3) is 0 Å². The van der Waals surface area contributed by atoms with Gasteiger partial charge in [0.15, 0.2) is 5.82 Å². The van der Waals surface area contributed by atoms with Crippen molar-refractivity contribution in [1.82, 2.24) is 19.9 Å². The Kier molecular flexibility index (Phi) is 2.63. The topological polar surface area (TPSA) is 86.8 Å². The number of nitrogen functional groups attached to an aromatic ring is 1. The molecule has 2 N–H and O–H groups in total. The van der Waals surface area contributed by atoms with Crippen LogP contribution in [0.1, 0.15) is 5.56 Å². The maximum atomic E-state index is 5.56. The van der Waals surface area contributed by atoms with Crippen LogP contribution in [0.5, 0.6) is 6.01 Å². The van der Waals surface area contributed by atoms with Crippen LogP contribution in [0.4, 0.5) is 5.95 Å². The van der Waals surface area contributed by atoms with Gasteiger partial charge in [0, 0.05) is 18.0 Å². The van der Waals surface area contributed by atoms with E-state index in [0.717, 1.165) is 11.1 Å². The third kappa shape index (κ3) is 1.90. The van der Waals surface area contributed by atoms with Crippen molar-refractivity contribution in [2.45, 2.75) is 6.92 Å². The number of pyridine rings is 1. The highest BCUT2D eigenvalue weighted by Crippen LogP contribution is 2.19. The first kappa shape index (κ1) is 10.3. The third-order valence-electron chi connectivity index (χ3n) is 2.09. The lowest BCUT2D eigenvalue weighted by atomic mass is 10.1. The molecule has 16 heavy (non-hydrogen) atoms. The Morgan fingerprint density at radius 2 is 2.06 bits per heavy atom. The van der Waals surface area contributed by atoms with E-state index in [1.807, 2.05) is 13.0 Å². The molecule has 0 spiro atoms. The first-order valence-corrected chi connectivity index (χ1v) is 4.67. The Balaban J connectivity index is 2.56. The average molecular weight is 217 g/mol. The molecule has 0 aliphatic rings. The molecule has 2 rings (SSSR count). The molecule has 0 fully saturated rings. The normalized spacial score (nSPS) is 10.1. The number of rotatable bonds is 2. The quantitative estimate of drug-likeness (QED) is 0.801. The minimum absolute atomic E-state index is 0.130. The molecule has 0 radical (unpaired) electrons. The highest BCUT2D eigenvalue weighted by Gasteiger charge is 2.09. The third-order valence-corrected chi connectivity index (χ3v) is 2.09. The number of hydrogen-bond donors (Lipinski definition) is 1. The Morgan fingerprint density at radius 3 is 2.75 bits per heavy atom. The van der Waals surface area contributed by atoms with E-state index in [-0.39, 0.29) is 12.0 Å². The molecule has 0 bridgehead atoms. The molecule has 2 aromatic heterocycles. The summed E-state index contributed by atoms with van der Waals surface area (Å²) in [5, 5.41) is 0. The second-order valence-corrected chi connectivity index (χ2v) is 3.19. The average Bonchev–Trinajstić information content (AvgIpc) is 2.28. The van der Waals surface area contributed by atoms with E-state index in [1.54, 1.807) is 12.4 Å². The van der Waals surface area contributed by atoms with Crippen molar-refractivity contribution in [2.75, 3.05) is 12.8 Å². The van der Waals surface area contributed by atoms with Gasteiger partial charge in [-0.25, -0.2) is 0 Å². The predicted octanol–water partition coefficient (Wildman–Crippen LogP) is 0.833. The van der Waals surface area contributed by atoms with Crippen LogP contribution in [-0.2, 0) is 0 Å². The fourth-order valence-electron chi connectivity index (χ4n) is 1.28. The zero-order chi connectivity index (χ0) is 11.5. The highest BCUT2D eigenvalue weighted by molar-refractivity contribution is 5.59. The molecular formula is C10H11N5O. The summed E-state index contributed by atoms with van der Waals surface area (Å²) < 4.78 is 4.93. The Bertz CT molecular complexity index is 514. The van der Waals surface area contributed by atoms with Crippen molar-refractivity contribution in [1.29, 1.82) is 0 Å². The molecular weight excluding hydrogens is 206 g/mol. The van der Waals surface area contributed by atoms with Crippen molar-refractivity contribution in [3.8, 4) is 17.4 Å². The second kappa shape index (κ2) is 4.09. The van der Waals surface area contributed by atoms with Crippen LogP contribution in [-0.4, -0.2) is 27.0 Å². The summed E-state index contributed by atoms with van der Waals surface area (Å²) in [5.74, 6) is 0.597. The maximum absolute atomic E-state index is 5.56. The van der Waals surface area contributed by atoms with Gasteiger partial charge in [0.2, 0.25) is 5.95 Å². The van der Waals surface area contributed by atoms with Crippen molar-refractivity contribution < 1.29 is 4.74 Å². The smallest absolute Gasteiger partial charge is 0.321 e. The van der Waals surface area contributed by atoms with Gasteiger partial charge in [0.1, 0.15) is 0 Å². The number of ether oxygens (including phenoxy) is 1. The van der Waals surface area contributed by atoms with Crippen LogP contribution in [0.15, 0.2) is 18.5 Å². The summed E-state index contributed by atoms with van der Waals surface area (Å²) in [4.78, 5) is 16.0. The molecule has 0 saturated heterocycles. The van der Waals surface area contributed by atoms with Gasteiger partial charge in [-0.15, -0.1) is 0 Å². The molecule has 0 unspecified atom stereocenters. The fourth-order valence-corrected chi connectivity index (χ4v) is 1.28. The van der Waals surface area contributed by atoms with Gasteiger partial charge in [-0.3, -0.25) is 4.98 Å². The van der Waals surface area contributed by atoms with Gasteiger partial charge >= 0.3 is 6.01 Å². The molecule has 0 amide bonds. The predicted molar refractivity (Wildman–Crippen MR) is 58.8 cm³/mol. The van der Waals surface area contributed by atoms with Gasteiger partial charge in [0.05, 0.1) is 7.11 Å². The van der Waals surface area contributed by atoms with Crippen molar-refractivity contribution in [3.05, 3.63) is 24.0 Å². The lowest BCUT2D eigenvalue weighted by Crippen LogP contribution is -2.03. The van der Waals surface area contributed by atoms with Crippen LogP contribution in [0.3, 0.4) is 0 Å².